The summed E-state index contributed by atoms with van der Waals surface area (Å²) in [6.07, 6.45) is 0. The number of ether oxygens (including phenoxy) is 2. The van der Waals surface area contributed by atoms with Gasteiger partial charge in [0.05, 0.1) is 30.5 Å². The number of methoxy groups -OCH3 is 2. The van der Waals surface area contributed by atoms with Crippen LogP contribution in [0.2, 0.25) is 5.02 Å². The van der Waals surface area contributed by atoms with Gasteiger partial charge >= 0.3 is 11.9 Å². The molecule has 0 spiro atoms. The normalized spacial score (nSPS) is 10.1. The van der Waals surface area contributed by atoms with E-state index in [0.29, 0.717) is 26.2 Å². The number of carbonyl (C=O) groups excluding carboxylic acids is 2. The summed E-state index contributed by atoms with van der Waals surface area (Å²) in [5.74, 6) is -1.11. The molecule has 0 saturated carbocycles. The molecule has 0 bridgehead atoms. The first kappa shape index (κ1) is 19.2. The number of para-hydroxylation sites is 1. The van der Waals surface area contributed by atoms with E-state index in [1.807, 2.05) is 0 Å². The highest BCUT2D eigenvalue weighted by Crippen LogP contribution is 2.34. The maximum atomic E-state index is 12.1. The Labute approximate surface area is 159 Å². The molecule has 0 unspecified atom stereocenters. The van der Waals surface area contributed by atoms with Crippen LogP contribution in [0.1, 0.15) is 25.6 Å². The van der Waals surface area contributed by atoms with Crippen LogP contribution in [0.15, 0.2) is 24.3 Å². The van der Waals surface area contributed by atoms with Crippen LogP contribution in [-0.2, 0) is 9.47 Å². The van der Waals surface area contributed by atoms with Crippen LogP contribution in [0.5, 0.6) is 0 Å². The zero-order valence-electron chi connectivity index (χ0n) is 13.6. The Hall–Kier alpha value is -2.16. The number of esters is 2. The van der Waals surface area contributed by atoms with Gasteiger partial charge in [-0.25, -0.2) is 9.59 Å². The van der Waals surface area contributed by atoms with Crippen molar-refractivity contribution in [3.63, 3.8) is 0 Å². The molecule has 2 aromatic rings. The van der Waals surface area contributed by atoms with Gasteiger partial charge in [0.25, 0.3) is 0 Å². The molecule has 0 fully saturated rings. The number of hydrogen-bond acceptors (Lipinski definition) is 6. The Kier molecular flexibility index (Phi) is 6.35. The molecule has 2 rings (SSSR count). The van der Waals surface area contributed by atoms with Gasteiger partial charge in [-0.05, 0) is 36.8 Å². The molecular formula is C16H15ClN2O4S2. The topological polar surface area (TPSA) is 76.7 Å². The van der Waals surface area contributed by atoms with Gasteiger partial charge in [-0.1, -0.05) is 23.7 Å². The quantitative estimate of drug-likeness (QED) is 0.593. The first-order chi connectivity index (χ1) is 11.9. The zero-order valence-corrected chi connectivity index (χ0v) is 16.0. The molecule has 132 valence electrons. The largest absolute Gasteiger partial charge is 0.465 e. The lowest BCUT2D eigenvalue weighted by Gasteiger charge is -2.11. The first-order valence-electron chi connectivity index (χ1n) is 7.01. The van der Waals surface area contributed by atoms with Gasteiger partial charge in [-0.15, -0.1) is 11.3 Å². The van der Waals surface area contributed by atoms with E-state index in [4.69, 9.17) is 33.3 Å². The highest BCUT2D eigenvalue weighted by Gasteiger charge is 2.26. The zero-order chi connectivity index (χ0) is 18.6. The predicted molar refractivity (Wildman–Crippen MR) is 103 cm³/mol. The van der Waals surface area contributed by atoms with Crippen molar-refractivity contribution in [2.24, 2.45) is 0 Å². The van der Waals surface area contributed by atoms with Gasteiger partial charge in [-0.2, -0.15) is 0 Å². The van der Waals surface area contributed by atoms with Crippen LogP contribution in [0.3, 0.4) is 0 Å². The van der Waals surface area contributed by atoms with Crippen molar-refractivity contribution in [2.45, 2.75) is 6.92 Å². The van der Waals surface area contributed by atoms with Crippen molar-refractivity contribution in [2.75, 3.05) is 24.9 Å². The van der Waals surface area contributed by atoms with Crippen molar-refractivity contribution >= 4 is 62.9 Å². The Morgan fingerprint density at radius 2 is 1.76 bits per heavy atom. The minimum atomic E-state index is -0.577. The van der Waals surface area contributed by atoms with Gasteiger partial charge in [0.1, 0.15) is 9.88 Å². The van der Waals surface area contributed by atoms with Crippen LogP contribution < -0.4 is 10.6 Å². The third-order valence-electron chi connectivity index (χ3n) is 3.26. The lowest BCUT2D eigenvalue weighted by atomic mass is 10.1. The van der Waals surface area contributed by atoms with Crippen LogP contribution in [0.4, 0.5) is 10.7 Å². The van der Waals surface area contributed by atoms with Gasteiger partial charge < -0.3 is 20.1 Å². The Bertz CT molecular complexity index is 836. The summed E-state index contributed by atoms with van der Waals surface area (Å²) in [7, 11) is 2.54. The van der Waals surface area contributed by atoms with Crippen LogP contribution >= 0.6 is 35.2 Å². The fourth-order valence-corrected chi connectivity index (χ4v) is 3.63. The average Bonchev–Trinajstić information content (AvgIpc) is 2.91. The molecule has 0 saturated heterocycles. The van der Waals surface area contributed by atoms with E-state index in [1.54, 1.807) is 31.2 Å². The number of nitrogens with one attached hydrogen (secondary N) is 2. The molecule has 0 atom stereocenters. The number of halogens is 1. The predicted octanol–water partition coefficient (Wildman–Crippen LogP) is 4.09. The number of benzene rings is 1. The molecule has 25 heavy (non-hydrogen) atoms. The van der Waals surface area contributed by atoms with Crippen LogP contribution in [0, 0.1) is 6.92 Å². The summed E-state index contributed by atoms with van der Waals surface area (Å²) >= 11 is 12.4. The fraction of sp³-hybridized carbons (Fsp3) is 0.188. The lowest BCUT2D eigenvalue weighted by Crippen LogP contribution is -2.20. The highest BCUT2D eigenvalue weighted by molar-refractivity contribution is 7.80. The maximum absolute atomic E-state index is 12.1. The fourth-order valence-electron chi connectivity index (χ4n) is 2.06. The molecule has 2 N–H and O–H groups in total. The van der Waals surface area contributed by atoms with Crippen molar-refractivity contribution in [1.82, 2.24) is 0 Å². The minimum Gasteiger partial charge on any atom is -0.465 e. The smallest absolute Gasteiger partial charge is 0.348 e. The Balaban J connectivity index is 2.31. The van der Waals surface area contributed by atoms with E-state index in [2.05, 4.69) is 10.6 Å². The molecular weight excluding hydrogens is 384 g/mol. The number of thiocarbonyl (C=S) groups is 1. The van der Waals surface area contributed by atoms with E-state index in [1.165, 1.54) is 14.2 Å². The maximum Gasteiger partial charge on any atom is 0.348 e. The lowest BCUT2D eigenvalue weighted by molar-refractivity contribution is 0.0601. The van der Waals surface area contributed by atoms with Gasteiger partial charge in [0, 0.05) is 0 Å². The third-order valence-corrected chi connectivity index (χ3v) is 4.98. The molecule has 0 radical (unpaired) electrons. The average molecular weight is 399 g/mol. The molecule has 9 heteroatoms. The molecule has 1 heterocycles. The van der Waals surface area contributed by atoms with Crippen molar-refractivity contribution < 1.29 is 19.1 Å². The number of carbonyl (C=O) groups is 2. The van der Waals surface area contributed by atoms with E-state index >= 15 is 0 Å². The molecule has 0 aliphatic heterocycles. The van der Waals surface area contributed by atoms with Crippen LogP contribution in [-0.4, -0.2) is 31.3 Å². The molecule has 1 aromatic carbocycles. The first-order valence-corrected chi connectivity index (χ1v) is 8.61. The number of anilines is 2. The minimum absolute atomic E-state index is 0.218. The summed E-state index contributed by atoms with van der Waals surface area (Å²) in [6.45, 7) is 1.64. The Morgan fingerprint density at radius 3 is 2.36 bits per heavy atom. The van der Waals surface area contributed by atoms with E-state index < -0.39 is 11.9 Å². The summed E-state index contributed by atoms with van der Waals surface area (Å²) in [6, 6.07) is 7.08. The highest BCUT2D eigenvalue weighted by atomic mass is 35.5. The van der Waals surface area contributed by atoms with Crippen molar-refractivity contribution in [3.05, 3.63) is 45.3 Å². The van der Waals surface area contributed by atoms with E-state index in [9.17, 15) is 9.59 Å². The van der Waals surface area contributed by atoms with Crippen LogP contribution in [0.25, 0.3) is 0 Å². The number of hydrogen-bond donors (Lipinski definition) is 2. The summed E-state index contributed by atoms with van der Waals surface area (Å²) in [5.41, 5.74) is 1.31. The van der Waals surface area contributed by atoms with E-state index in [-0.39, 0.29) is 10.7 Å². The SMILES string of the molecule is COC(=O)c1sc(NC(=S)Nc2ccccc2Cl)c(C(=O)OC)c1C. The summed E-state index contributed by atoms with van der Waals surface area (Å²) in [5, 5.41) is 6.95. The second kappa shape index (κ2) is 8.28. The standard InChI is InChI=1S/C16H15ClN2O4S2/c1-8-11(14(20)22-2)13(25-12(8)15(21)23-3)19-16(24)18-10-7-5-4-6-9(10)17/h4-7H,1-3H3,(H2,18,19,24). The molecule has 6 nitrogen and oxygen atoms in total. The molecule has 0 aliphatic rings. The Morgan fingerprint density at radius 1 is 1.12 bits per heavy atom. The third kappa shape index (κ3) is 4.28. The second-order valence-corrected chi connectivity index (χ2v) is 6.64. The monoisotopic (exact) mass is 398 g/mol. The van der Waals surface area contributed by atoms with Gasteiger partial charge in [-0.3, -0.25) is 0 Å². The molecule has 0 aliphatic carbocycles. The summed E-state index contributed by atoms with van der Waals surface area (Å²) < 4.78 is 9.54. The summed E-state index contributed by atoms with van der Waals surface area (Å²) in [4.78, 5) is 24.3. The molecule has 1 aromatic heterocycles. The van der Waals surface area contributed by atoms with Crippen molar-refractivity contribution in [3.8, 4) is 0 Å². The van der Waals surface area contributed by atoms with Crippen molar-refractivity contribution in [1.29, 1.82) is 0 Å². The second-order valence-electron chi connectivity index (χ2n) is 4.80. The number of rotatable bonds is 4. The van der Waals surface area contributed by atoms with Gasteiger partial charge in [0.2, 0.25) is 0 Å². The van der Waals surface area contributed by atoms with E-state index in [0.717, 1.165) is 11.3 Å². The molecule has 0 amide bonds. The van der Waals surface area contributed by atoms with Gasteiger partial charge in [0.15, 0.2) is 5.11 Å². The number of thiophene rings is 1.